The van der Waals surface area contributed by atoms with Crippen LogP contribution >= 0.6 is 12.6 Å². The Morgan fingerprint density at radius 1 is 1.64 bits per heavy atom. The number of aryl methyl sites for hydroxylation is 2. The smallest absolute Gasteiger partial charge is 0.0492 e. The van der Waals surface area contributed by atoms with E-state index in [1.54, 1.807) is 0 Å². The molecule has 2 nitrogen and oxygen atoms in total. The summed E-state index contributed by atoms with van der Waals surface area (Å²) >= 11 is 4.17. The van der Waals surface area contributed by atoms with Gasteiger partial charge in [-0.2, -0.15) is 17.7 Å². The van der Waals surface area contributed by atoms with Gasteiger partial charge >= 0.3 is 0 Å². The predicted molar refractivity (Wildman–Crippen MR) is 50.1 cm³/mol. The molecule has 0 spiro atoms. The molecule has 0 aliphatic rings. The number of rotatable bonds is 4. The highest BCUT2D eigenvalue weighted by Crippen LogP contribution is 2.02. The Morgan fingerprint density at radius 3 is 3.09 bits per heavy atom. The molecule has 0 fully saturated rings. The molecule has 0 saturated carbocycles. The molecule has 0 bridgehead atoms. The lowest BCUT2D eigenvalue weighted by molar-refractivity contribution is 0.617. The van der Waals surface area contributed by atoms with Crippen molar-refractivity contribution in [1.82, 2.24) is 9.78 Å². The van der Waals surface area contributed by atoms with Crippen molar-refractivity contribution < 1.29 is 0 Å². The molecule has 0 aliphatic heterocycles. The maximum atomic E-state index is 4.18. The minimum atomic E-state index is 0.953. The summed E-state index contributed by atoms with van der Waals surface area (Å²) in [4.78, 5) is 0. The zero-order valence-electron chi connectivity index (χ0n) is 6.82. The zero-order chi connectivity index (χ0) is 8.10. The van der Waals surface area contributed by atoms with Crippen molar-refractivity contribution in [2.75, 3.05) is 5.75 Å². The van der Waals surface area contributed by atoms with Gasteiger partial charge in [0.1, 0.15) is 0 Å². The first-order chi connectivity index (χ1) is 5.38. The van der Waals surface area contributed by atoms with Crippen molar-refractivity contribution in [2.45, 2.75) is 26.3 Å². The van der Waals surface area contributed by atoms with Gasteiger partial charge in [-0.15, -0.1) is 0 Å². The molecule has 1 heterocycles. The Bertz CT molecular complexity index is 208. The Hall–Kier alpha value is -0.440. The second-order valence-corrected chi connectivity index (χ2v) is 2.91. The average molecular weight is 170 g/mol. The molecule has 11 heavy (non-hydrogen) atoms. The Labute approximate surface area is 73.0 Å². The lowest BCUT2D eigenvalue weighted by Crippen LogP contribution is -2.02. The van der Waals surface area contributed by atoms with Crippen LogP contribution in [0.3, 0.4) is 0 Å². The first-order valence-corrected chi connectivity index (χ1v) is 4.63. The fourth-order valence-corrected chi connectivity index (χ4v) is 1.28. The molecule has 0 atom stereocenters. The van der Waals surface area contributed by atoms with Crippen molar-refractivity contribution in [1.29, 1.82) is 0 Å². The van der Waals surface area contributed by atoms with Crippen LogP contribution in [0.5, 0.6) is 0 Å². The van der Waals surface area contributed by atoms with Crippen LogP contribution in [0.1, 0.15) is 19.0 Å². The lowest BCUT2D eigenvalue weighted by atomic mass is 10.2. The topological polar surface area (TPSA) is 17.8 Å². The van der Waals surface area contributed by atoms with Crippen LogP contribution < -0.4 is 0 Å². The largest absolute Gasteiger partial charge is 0.270 e. The maximum Gasteiger partial charge on any atom is 0.0492 e. The van der Waals surface area contributed by atoms with Crippen LogP contribution in [0.15, 0.2) is 12.3 Å². The van der Waals surface area contributed by atoms with Gasteiger partial charge in [0.2, 0.25) is 0 Å². The second-order valence-electron chi connectivity index (χ2n) is 2.47. The summed E-state index contributed by atoms with van der Waals surface area (Å²) in [5.74, 6) is 0.953. The molecule has 0 radical (unpaired) electrons. The third kappa shape index (κ3) is 2.26. The van der Waals surface area contributed by atoms with E-state index in [1.807, 2.05) is 10.9 Å². The Morgan fingerprint density at radius 2 is 2.45 bits per heavy atom. The standard InChI is InChI=1S/C8H14N2S/c1-2-10-8(4-3-7-11)5-6-9-10/h5-6,11H,2-4,7H2,1H3. The minimum Gasteiger partial charge on any atom is -0.270 e. The highest BCUT2D eigenvalue weighted by molar-refractivity contribution is 7.80. The fourth-order valence-electron chi connectivity index (χ4n) is 1.12. The molecular weight excluding hydrogens is 156 g/mol. The summed E-state index contributed by atoms with van der Waals surface area (Å²) in [7, 11) is 0. The normalized spacial score (nSPS) is 10.4. The van der Waals surface area contributed by atoms with Gasteiger partial charge in [-0.25, -0.2) is 0 Å². The number of hydrogen-bond acceptors (Lipinski definition) is 2. The van der Waals surface area contributed by atoms with E-state index >= 15 is 0 Å². The van der Waals surface area contributed by atoms with Gasteiger partial charge in [0.15, 0.2) is 0 Å². The van der Waals surface area contributed by atoms with E-state index in [2.05, 4.69) is 30.7 Å². The van der Waals surface area contributed by atoms with E-state index in [1.165, 1.54) is 5.69 Å². The van der Waals surface area contributed by atoms with Crippen molar-refractivity contribution in [3.05, 3.63) is 18.0 Å². The van der Waals surface area contributed by atoms with Crippen molar-refractivity contribution in [3.63, 3.8) is 0 Å². The molecule has 1 aromatic heterocycles. The van der Waals surface area contributed by atoms with Gasteiger partial charge < -0.3 is 0 Å². The average Bonchev–Trinajstić information content (AvgIpc) is 2.47. The Balaban J connectivity index is 2.54. The highest BCUT2D eigenvalue weighted by Gasteiger charge is 1.97. The van der Waals surface area contributed by atoms with Crippen LogP contribution in [0, 0.1) is 0 Å². The molecule has 0 saturated heterocycles. The first kappa shape index (κ1) is 8.65. The first-order valence-electron chi connectivity index (χ1n) is 4.00. The zero-order valence-corrected chi connectivity index (χ0v) is 7.72. The molecular formula is C8H14N2S. The molecule has 1 rings (SSSR count). The van der Waals surface area contributed by atoms with Crippen molar-refractivity contribution >= 4 is 12.6 Å². The van der Waals surface area contributed by atoms with Crippen LogP contribution in [0.25, 0.3) is 0 Å². The number of aromatic nitrogens is 2. The van der Waals surface area contributed by atoms with Gasteiger partial charge in [0, 0.05) is 18.4 Å². The van der Waals surface area contributed by atoms with Crippen LogP contribution in [0.4, 0.5) is 0 Å². The maximum absolute atomic E-state index is 4.18. The third-order valence-corrected chi connectivity index (χ3v) is 2.01. The molecule has 3 heteroatoms. The van der Waals surface area contributed by atoms with Gasteiger partial charge in [-0.3, -0.25) is 4.68 Å². The molecule has 0 amide bonds. The molecule has 62 valence electrons. The fraction of sp³-hybridized carbons (Fsp3) is 0.625. The summed E-state index contributed by atoms with van der Waals surface area (Å²) in [5, 5.41) is 4.18. The van der Waals surface area contributed by atoms with E-state index in [0.717, 1.165) is 25.1 Å². The van der Waals surface area contributed by atoms with Crippen molar-refractivity contribution in [2.24, 2.45) is 0 Å². The summed E-state index contributed by atoms with van der Waals surface area (Å²) in [5.41, 5.74) is 1.32. The molecule has 0 N–H and O–H groups in total. The highest BCUT2D eigenvalue weighted by atomic mass is 32.1. The van der Waals surface area contributed by atoms with E-state index in [-0.39, 0.29) is 0 Å². The SMILES string of the molecule is CCn1nccc1CCCS. The summed E-state index contributed by atoms with van der Waals surface area (Å²) < 4.78 is 2.03. The van der Waals surface area contributed by atoms with E-state index in [4.69, 9.17) is 0 Å². The number of thiol groups is 1. The monoisotopic (exact) mass is 170 g/mol. The van der Waals surface area contributed by atoms with Gasteiger partial charge in [-0.1, -0.05) is 0 Å². The van der Waals surface area contributed by atoms with Gasteiger partial charge in [0.05, 0.1) is 0 Å². The summed E-state index contributed by atoms with van der Waals surface area (Å²) in [6.45, 7) is 3.08. The van der Waals surface area contributed by atoms with Crippen LogP contribution in [-0.2, 0) is 13.0 Å². The van der Waals surface area contributed by atoms with Crippen LogP contribution in [0.2, 0.25) is 0 Å². The van der Waals surface area contributed by atoms with E-state index in [9.17, 15) is 0 Å². The molecule has 0 aliphatic carbocycles. The second kappa shape index (κ2) is 4.44. The van der Waals surface area contributed by atoms with Crippen LogP contribution in [-0.4, -0.2) is 15.5 Å². The molecule has 0 aromatic carbocycles. The number of hydrogen-bond donors (Lipinski definition) is 1. The lowest BCUT2D eigenvalue weighted by Gasteiger charge is -2.01. The van der Waals surface area contributed by atoms with E-state index in [0.29, 0.717) is 0 Å². The Kier molecular flexibility index (Phi) is 3.49. The van der Waals surface area contributed by atoms with Crippen molar-refractivity contribution in [3.8, 4) is 0 Å². The minimum absolute atomic E-state index is 0.953. The van der Waals surface area contributed by atoms with Gasteiger partial charge in [-0.05, 0) is 31.6 Å². The molecule has 0 unspecified atom stereocenters. The summed E-state index contributed by atoms with van der Waals surface area (Å²) in [6.07, 6.45) is 4.09. The van der Waals surface area contributed by atoms with E-state index < -0.39 is 0 Å². The van der Waals surface area contributed by atoms with Gasteiger partial charge in [0.25, 0.3) is 0 Å². The number of nitrogens with zero attached hydrogens (tertiary/aromatic N) is 2. The third-order valence-electron chi connectivity index (χ3n) is 1.70. The quantitative estimate of drug-likeness (QED) is 0.682. The molecule has 1 aromatic rings. The summed E-state index contributed by atoms with van der Waals surface area (Å²) in [6, 6.07) is 2.08. The predicted octanol–water partition coefficient (Wildman–Crippen LogP) is 1.77.